The summed E-state index contributed by atoms with van der Waals surface area (Å²) < 4.78 is 10.5. The van der Waals surface area contributed by atoms with E-state index in [4.69, 9.17) is 0 Å². The first-order chi connectivity index (χ1) is 5.16. The maximum Gasteiger partial charge on any atom is 0.314 e. The molecular formula is C6H14N2O2S. The molecule has 0 rings (SSSR count). The lowest BCUT2D eigenvalue weighted by Crippen LogP contribution is -2.37. The number of urea groups is 1. The van der Waals surface area contributed by atoms with Crippen molar-refractivity contribution in [3.8, 4) is 0 Å². The van der Waals surface area contributed by atoms with Crippen molar-refractivity contribution in [2.75, 3.05) is 25.1 Å². The number of nitrogens with one attached hydrogen (secondary N) is 2. The van der Waals surface area contributed by atoms with Crippen LogP contribution in [0.3, 0.4) is 0 Å². The monoisotopic (exact) mass is 178 g/mol. The van der Waals surface area contributed by atoms with Gasteiger partial charge in [0.25, 0.3) is 0 Å². The first-order valence-corrected chi connectivity index (χ1v) is 5.21. The number of hydrogen-bond acceptors (Lipinski definition) is 2. The minimum atomic E-state index is -0.828. The van der Waals surface area contributed by atoms with Crippen LogP contribution >= 0.6 is 0 Å². The molecule has 0 bridgehead atoms. The molecule has 0 saturated heterocycles. The highest BCUT2D eigenvalue weighted by molar-refractivity contribution is 7.84. The van der Waals surface area contributed by atoms with Crippen molar-refractivity contribution in [3.05, 3.63) is 0 Å². The minimum Gasteiger partial charge on any atom is -0.338 e. The Bertz CT molecular complexity index is 150. The summed E-state index contributed by atoms with van der Waals surface area (Å²) >= 11 is 0. The Kier molecular flexibility index (Phi) is 5.83. The second-order valence-corrected chi connectivity index (χ2v) is 3.62. The van der Waals surface area contributed by atoms with Crippen molar-refractivity contribution in [1.29, 1.82) is 0 Å². The summed E-state index contributed by atoms with van der Waals surface area (Å²) in [6.07, 6.45) is 1.61. The molecule has 0 heterocycles. The highest BCUT2D eigenvalue weighted by Crippen LogP contribution is 1.71. The van der Waals surface area contributed by atoms with E-state index in [1.54, 1.807) is 6.26 Å². The van der Waals surface area contributed by atoms with Gasteiger partial charge < -0.3 is 10.6 Å². The molecule has 0 aromatic heterocycles. The molecule has 0 aliphatic heterocycles. The molecule has 66 valence electrons. The maximum atomic E-state index is 10.7. The van der Waals surface area contributed by atoms with Crippen LogP contribution in [-0.2, 0) is 10.8 Å². The van der Waals surface area contributed by atoms with Crippen LogP contribution < -0.4 is 10.6 Å². The quantitative estimate of drug-likeness (QED) is 0.620. The zero-order chi connectivity index (χ0) is 8.69. The van der Waals surface area contributed by atoms with Crippen molar-refractivity contribution in [1.82, 2.24) is 10.6 Å². The first-order valence-electron chi connectivity index (χ1n) is 3.48. The summed E-state index contributed by atoms with van der Waals surface area (Å²) in [4.78, 5) is 10.7. The average molecular weight is 178 g/mol. The van der Waals surface area contributed by atoms with Crippen LogP contribution in [0.15, 0.2) is 0 Å². The van der Waals surface area contributed by atoms with Crippen LogP contribution in [0.5, 0.6) is 0 Å². The predicted molar refractivity (Wildman–Crippen MR) is 46.0 cm³/mol. The Hall–Kier alpha value is -0.580. The second-order valence-electron chi connectivity index (χ2n) is 2.06. The zero-order valence-electron chi connectivity index (χ0n) is 6.85. The lowest BCUT2D eigenvalue weighted by atomic mass is 10.7. The number of amides is 2. The van der Waals surface area contributed by atoms with Crippen molar-refractivity contribution in [2.24, 2.45) is 0 Å². The Morgan fingerprint density at radius 3 is 2.55 bits per heavy atom. The van der Waals surface area contributed by atoms with E-state index in [0.717, 1.165) is 0 Å². The van der Waals surface area contributed by atoms with Gasteiger partial charge in [0, 0.05) is 35.9 Å². The van der Waals surface area contributed by atoms with Crippen molar-refractivity contribution >= 4 is 16.8 Å². The van der Waals surface area contributed by atoms with E-state index < -0.39 is 10.8 Å². The van der Waals surface area contributed by atoms with E-state index in [2.05, 4.69) is 10.6 Å². The predicted octanol–water partition coefficient (Wildman–Crippen LogP) is -0.316. The summed E-state index contributed by atoms with van der Waals surface area (Å²) in [5.41, 5.74) is 0. The number of rotatable bonds is 4. The molecule has 0 aliphatic rings. The van der Waals surface area contributed by atoms with E-state index in [1.807, 2.05) is 6.92 Å². The molecule has 2 amide bonds. The van der Waals surface area contributed by atoms with Gasteiger partial charge in [-0.05, 0) is 6.92 Å². The third-order valence-electron chi connectivity index (χ3n) is 1.01. The lowest BCUT2D eigenvalue weighted by Gasteiger charge is -2.03. The number of carbonyl (C=O) groups is 1. The van der Waals surface area contributed by atoms with Gasteiger partial charge in [-0.2, -0.15) is 0 Å². The van der Waals surface area contributed by atoms with Crippen LogP contribution in [0.4, 0.5) is 4.79 Å². The van der Waals surface area contributed by atoms with Gasteiger partial charge in [0.1, 0.15) is 0 Å². The molecule has 0 saturated carbocycles. The van der Waals surface area contributed by atoms with Gasteiger partial charge in [-0.25, -0.2) is 4.79 Å². The highest BCUT2D eigenvalue weighted by atomic mass is 32.2. The van der Waals surface area contributed by atoms with Crippen LogP contribution in [-0.4, -0.2) is 35.3 Å². The molecule has 0 aromatic carbocycles. The molecule has 11 heavy (non-hydrogen) atoms. The van der Waals surface area contributed by atoms with Gasteiger partial charge in [-0.1, -0.05) is 0 Å². The average Bonchev–Trinajstić information content (AvgIpc) is 1.87. The summed E-state index contributed by atoms with van der Waals surface area (Å²) in [6, 6.07) is -0.196. The van der Waals surface area contributed by atoms with Gasteiger partial charge in [0.05, 0.1) is 0 Å². The van der Waals surface area contributed by atoms with E-state index in [-0.39, 0.29) is 6.03 Å². The summed E-state index contributed by atoms with van der Waals surface area (Å²) in [5.74, 6) is 0.511. The second kappa shape index (κ2) is 6.15. The molecule has 0 aromatic rings. The smallest absolute Gasteiger partial charge is 0.314 e. The molecule has 0 spiro atoms. The first kappa shape index (κ1) is 10.4. The molecule has 4 nitrogen and oxygen atoms in total. The fourth-order valence-electron chi connectivity index (χ4n) is 0.531. The summed E-state index contributed by atoms with van der Waals surface area (Å²) in [7, 11) is -0.828. The van der Waals surface area contributed by atoms with Crippen molar-refractivity contribution in [3.63, 3.8) is 0 Å². The minimum absolute atomic E-state index is 0.196. The highest BCUT2D eigenvalue weighted by Gasteiger charge is 1.96. The molecular weight excluding hydrogens is 164 g/mol. The Morgan fingerprint density at radius 2 is 2.09 bits per heavy atom. The molecule has 5 heteroatoms. The topological polar surface area (TPSA) is 58.2 Å². The van der Waals surface area contributed by atoms with Crippen molar-refractivity contribution in [2.45, 2.75) is 6.92 Å². The van der Waals surface area contributed by atoms with E-state index in [9.17, 15) is 9.00 Å². The van der Waals surface area contributed by atoms with E-state index in [0.29, 0.717) is 18.8 Å². The normalized spacial score (nSPS) is 12.2. The van der Waals surface area contributed by atoms with Gasteiger partial charge in [0.15, 0.2) is 0 Å². The standard InChI is InChI=1S/C6H14N2O2S/c1-3-7-6(9)8-4-5-11(2)10/h3-5H2,1-2H3,(H2,7,8,9). The molecule has 0 radical (unpaired) electrons. The summed E-state index contributed by atoms with van der Waals surface area (Å²) in [6.45, 7) is 2.92. The van der Waals surface area contributed by atoms with Gasteiger partial charge in [-0.3, -0.25) is 4.21 Å². The SMILES string of the molecule is CCNC(=O)NCCS(C)=O. The van der Waals surface area contributed by atoms with Crippen LogP contribution in [0, 0.1) is 0 Å². The van der Waals surface area contributed by atoms with Crippen LogP contribution in [0.1, 0.15) is 6.92 Å². The fourth-order valence-corrected chi connectivity index (χ4v) is 0.921. The summed E-state index contributed by atoms with van der Waals surface area (Å²) in [5, 5.41) is 5.14. The van der Waals surface area contributed by atoms with Crippen LogP contribution in [0.2, 0.25) is 0 Å². The third kappa shape index (κ3) is 7.32. The Labute approximate surface area is 69.2 Å². The van der Waals surface area contributed by atoms with Crippen molar-refractivity contribution < 1.29 is 9.00 Å². The van der Waals surface area contributed by atoms with Gasteiger partial charge in [0.2, 0.25) is 0 Å². The lowest BCUT2D eigenvalue weighted by molar-refractivity contribution is 0.242. The van der Waals surface area contributed by atoms with E-state index >= 15 is 0 Å². The van der Waals surface area contributed by atoms with Gasteiger partial charge in [-0.15, -0.1) is 0 Å². The van der Waals surface area contributed by atoms with Crippen LogP contribution in [0.25, 0.3) is 0 Å². The molecule has 0 fully saturated rings. The Morgan fingerprint density at radius 1 is 1.45 bits per heavy atom. The molecule has 1 atom stereocenters. The molecule has 2 N–H and O–H groups in total. The number of carbonyl (C=O) groups excluding carboxylic acids is 1. The molecule has 0 aliphatic carbocycles. The third-order valence-corrected chi connectivity index (χ3v) is 1.79. The van der Waals surface area contributed by atoms with E-state index in [1.165, 1.54) is 0 Å². The fraction of sp³-hybridized carbons (Fsp3) is 0.833. The zero-order valence-corrected chi connectivity index (χ0v) is 7.66. The Balaban J connectivity index is 3.24. The number of hydrogen-bond donors (Lipinski definition) is 2. The maximum absolute atomic E-state index is 10.7. The van der Waals surface area contributed by atoms with Gasteiger partial charge >= 0.3 is 6.03 Å². The molecule has 1 unspecified atom stereocenters. The largest absolute Gasteiger partial charge is 0.338 e.